The van der Waals surface area contributed by atoms with Crippen LogP contribution in [0.3, 0.4) is 0 Å². The van der Waals surface area contributed by atoms with Gasteiger partial charge in [0.2, 0.25) is 5.88 Å². The van der Waals surface area contributed by atoms with E-state index < -0.39 is 0 Å². The molecule has 0 radical (unpaired) electrons. The van der Waals surface area contributed by atoms with E-state index in [1.165, 1.54) is 30.6 Å². The van der Waals surface area contributed by atoms with Gasteiger partial charge in [0.15, 0.2) is 0 Å². The Balaban J connectivity index is 1.40. The standard InChI is InChI=1S/C25H24N4O2S/c1-15-13-20(31-17-9-3-2-4-10-17)27-14-19(15)29-18-11-12-26-24-21(18)22(28-25(29)30)23(32-24)16-7-5-6-8-16/h3,9-14,16H,2,4-8H2,1H3,(H,28,30). The molecule has 3 aliphatic rings. The molecule has 162 valence electrons. The van der Waals surface area contributed by atoms with Gasteiger partial charge in [0.1, 0.15) is 10.6 Å². The Kier molecular flexibility index (Phi) is 4.72. The van der Waals surface area contributed by atoms with Crippen molar-refractivity contribution in [1.29, 1.82) is 0 Å². The zero-order valence-electron chi connectivity index (χ0n) is 17.9. The monoisotopic (exact) mass is 444 g/mol. The number of hydrogen-bond donors (Lipinski definition) is 1. The number of urea groups is 1. The van der Waals surface area contributed by atoms with Gasteiger partial charge in [0.25, 0.3) is 0 Å². The summed E-state index contributed by atoms with van der Waals surface area (Å²) in [5.41, 5.74) is 3.49. The SMILES string of the molecule is Cc1cc(OC2=CCCC=C2)ncc1N1C(=O)Nc2c(C3CCCC3)sc3nccc1c23. The lowest BCUT2D eigenvalue weighted by Crippen LogP contribution is -2.34. The molecule has 0 spiro atoms. The molecular weight excluding hydrogens is 420 g/mol. The fraction of sp³-hybridized carbons (Fsp3) is 0.320. The topological polar surface area (TPSA) is 67.3 Å². The van der Waals surface area contributed by atoms with E-state index in [9.17, 15) is 4.79 Å². The Hall–Kier alpha value is -3.19. The summed E-state index contributed by atoms with van der Waals surface area (Å²) in [7, 11) is 0. The normalized spacial score (nSPS) is 18.2. The van der Waals surface area contributed by atoms with Crippen LogP contribution in [0.5, 0.6) is 5.88 Å². The van der Waals surface area contributed by atoms with Crippen molar-refractivity contribution in [1.82, 2.24) is 9.97 Å². The summed E-state index contributed by atoms with van der Waals surface area (Å²) >= 11 is 1.72. The fourth-order valence-electron chi connectivity index (χ4n) is 4.92. The van der Waals surface area contributed by atoms with E-state index in [0.717, 1.165) is 51.4 Å². The van der Waals surface area contributed by atoms with Gasteiger partial charge in [-0.3, -0.25) is 4.90 Å². The Morgan fingerprint density at radius 1 is 1.19 bits per heavy atom. The van der Waals surface area contributed by atoms with E-state index in [-0.39, 0.29) is 6.03 Å². The van der Waals surface area contributed by atoms with Crippen LogP contribution in [0.1, 0.15) is 54.9 Å². The number of rotatable bonds is 4. The van der Waals surface area contributed by atoms with Gasteiger partial charge in [-0.1, -0.05) is 18.9 Å². The molecule has 6 rings (SSSR count). The number of aromatic nitrogens is 2. The number of ether oxygens (including phenoxy) is 1. The van der Waals surface area contributed by atoms with Crippen molar-refractivity contribution in [2.75, 3.05) is 10.2 Å². The minimum Gasteiger partial charge on any atom is -0.439 e. The zero-order chi connectivity index (χ0) is 21.7. The summed E-state index contributed by atoms with van der Waals surface area (Å²) in [5.74, 6) is 1.86. The van der Waals surface area contributed by atoms with E-state index in [2.05, 4.69) is 27.4 Å². The van der Waals surface area contributed by atoms with Crippen LogP contribution >= 0.6 is 11.3 Å². The summed E-state index contributed by atoms with van der Waals surface area (Å²) < 4.78 is 5.92. The van der Waals surface area contributed by atoms with Crippen molar-refractivity contribution in [2.24, 2.45) is 0 Å². The molecule has 3 aromatic heterocycles. The third kappa shape index (κ3) is 3.19. The molecule has 0 atom stereocenters. The summed E-state index contributed by atoms with van der Waals surface area (Å²) in [4.78, 5) is 26.4. The number of carbonyl (C=O) groups excluding carboxylic acids is 1. The molecule has 1 N–H and O–H groups in total. The van der Waals surface area contributed by atoms with Crippen LogP contribution in [-0.4, -0.2) is 16.0 Å². The van der Waals surface area contributed by atoms with Crippen molar-refractivity contribution < 1.29 is 9.53 Å². The molecule has 1 saturated carbocycles. The molecule has 3 aromatic rings. The molecule has 1 aliphatic heterocycles. The quantitative estimate of drug-likeness (QED) is 0.473. The number of hydrogen-bond acceptors (Lipinski definition) is 5. The largest absolute Gasteiger partial charge is 0.439 e. The zero-order valence-corrected chi connectivity index (χ0v) is 18.7. The maximum atomic E-state index is 13.3. The van der Waals surface area contributed by atoms with E-state index in [4.69, 9.17) is 4.74 Å². The smallest absolute Gasteiger partial charge is 0.331 e. The molecule has 0 unspecified atom stereocenters. The Morgan fingerprint density at radius 3 is 2.84 bits per heavy atom. The van der Waals surface area contributed by atoms with Crippen LogP contribution in [0.25, 0.3) is 10.2 Å². The molecule has 32 heavy (non-hydrogen) atoms. The highest BCUT2D eigenvalue weighted by Crippen LogP contribution is 2.51. The van der Waals surface area contributed by atoms with Crippen molar-refractivity contribution >= 4 is 44.6 Å². The van der Waals surface area contributed by atoms with Crippen molar-refractivity contribution in [3.63, 3.8) is 0 Å². The van der Waals surface area contributed by atoms with Crippen molar-refractivity contribution in [3.05, 3.63) is 59.0 Å². The van der Waals surface area contributed by atoms with Gasteiger partial charge in [-0.05, 0) is 62.3 Å². The molecule has 7 heteroatoms. The first-order chi connectivity index (χ1) is 15.7. The first-order valence-corrected chi connectivity index (χ1v) is 12.0. The maximum absolute atomic E-state index is 13.3. The van der Waals surface area contributed by atoms with Gasteiger partial charge in [-0.15, -0.1) is 11.3 Å². The van der Waals surface area contributed by atoms with Crippen LogP contribution in [0.15, 0.2) is 48.5 Å². The summed E-state index contributed by atoms with van der Waals surface area (Å²) in [6, 6.07) is 3.66. The lowest BCUT2D eigenvalue weighted by molar-refractivity contribution is 0.258. The second-order valence-corrected chi connectivity index (χ2v) is 9.63. The van der Waals surface area contributed by atoms with E-state index in [1.54, 1.807) is 28.6 Å². The van der Waals surface area contributed by atoms with Gasteiger partial charge in [-0.25, -0.2) is 14.8 Å². The number of carbonyl (C=O) groups is 1. The lowest BCUT2D eigenvalue weighted by Gasteiger charge is -2.29. The molecular formula is C25H24N4O2S. The van der Waals surface area contributed by atoms with Gasteiger partial charge in [-0.2, -0.15) is 0 Å². The van der Waals surface area contributed by atoms with E-state index in [1.807, 2.05) is 25.1 Å². The number of nitrogens with one attached hydrogen (secondary N) is 1. The van der Waals surface area contributed by atoms with Crippen LogP contribution in [0, 0.1) is 6.92 Å². The Labute approximate surface area is 190 Å². The van der Waals surface area contributed by atoms with Crippen LogP contribution < -0.4 is 15.0 Å². The number of thiophene rings is 1. The predicted octanol–water partition coefficient (Wildman–Crippen LogP) is 6.95. The van der Waals surface area contributed by atoms with Crippen molar-refractivity contribution in [2.45, 2.75) is 51.4 Å². The highest BCUT2D eigenvalue weighted by Gasteiger charge is 2.34. The van der Waals surface area contributed by atoms with Crippen molar-refractivity contribution in [3.8, 4) is 5.88 Å². The van der Waals surface area contributed by atoms with E-state index >= 15 is 0 Å². The Bertz CT molecular complexity index is 1290. The Morgan fingerprint density at radius 2 is 2.06 bits per heavy atom. The third-order valence-corrected chi connectivity index (χ3v) is 7.74. The van der Waals surface area contributed by atoms with Gasteiger partial charge in [0.05, 0.1) is 28.6 Å². The first kappa shape index (κ1) is 19.5. The molecule has 4 heterocycles. The summed E-state index contributed by atoms with van der Waals surface area (Å²) in [5, 5.41) is 4.22. The molecule has 6 nitrogen and oxygen atoms in total. The van der Waals surface area contributed by atoms with E-state index in [0.29, 0.717) is 11.8 Å². The number of amides is 2. The minimum absolute atomic E-state index is 0.154. The number of nitrogens with zero attached hydrogens (tertiary/aromatic N) is 3. The molecule has 0 bridgehead atoms. The van der Waals surface area contributed by atoms with Gasteiger partial charge in [0, 0.05) is 17.1 Å². The lowest BCUT2D eigenvalue weighted by atomic mass is 10.0. The number of pyridine rings is 2. The average Bonchev–Trinajstić information content (AvgIpc) is 3.45. The maximum Gasteiger partial charge on any atom is 0.331 e. The highest BCUT2D eigenvalue weighted by atomic mass is 32.1. The predicted molar refractivity (Wildman–Crippen MR) is 128 cm³/mol. The van der Waals surface area contributed by atoms with Crippen LogP contribution in [0.4, 0.5) is 21.9 Å². The average molecular weight is 445 g/mol. The molecule has 0 saturated heterocycles. The highest BCUT2D eigenvalue weighted by molar-refractivity contribution is 7.19. The fourth-order valence-corrected chi connectivity index (χ4v) is 6.21. The molecule has 2 amide bonds. The second kappa shape index (κ2) is 7.74. The van der Waals surface area contributed by atoms with Crippen LogP contribution in [0.2, 0.25) is 0 Å². The molecule has 1 fully saturated rings. The third-order valence-electron chi connectivity index (χ3n) is 6.48. The number of aryl methyl sites for hydroxylation is 1. The van der Waals surface area contributed by atoms with Crippen LogP contribution in [-0.2, 0) is 0 Å². The summed E-state index contributed by atoms with van der Waals surface area (Å²) in [6.07, 6.45) is 16.5. The first-order valence-electron chi connectivity index (χ1n) is 11.2. The van der Waals surface area contributed by atoms with Gasteiger partial charge < -0.3 is 10.1 Å². The summed E-state index contributed by atoms with van der Waals surface area (Å²) in [6.45, 7) is 1.98. The minimum atomic E-state index is -0.154. The second-order valence-electron chi connectivity index (χ2n) is 8.60. The van der Waals surface area contributed by atoms with Gasteiger partial charge >= 0.3 is 6.03 Å². The number of anilines is 3. The molecule has 0 aromatic carbocycles. The number of allylic oxidation sites excluding steroid dienone is 3. The molecule has 2 aliphatic carbocycles.